The molecule has 4 heteroatoms. The Bertz CT molecular complexity index is 447. The minimum Gasteiger partial charge on any atom is -0.326 e. The molecule has 0 bridgehead atoms. The Labute approximate surface area is 113 Å². The molecule has 1 aliphatic rings. The second-order valence-corrected chi connectivity index (χ2v) is 5.44. The average molecular weight is 267 g/mol. The molecule has 1 fully saturated rings. The number of nitrogens with one attached hydrogen (secondary N) is 2. The van der Waals surface area contributed by atoms with Gasteiger partial charge in [0, 0.05) is 22.7 Å². The monoisotopic (exact) mass is 266 g/mol. The maximum absolute atomic E-state index is 12.1. The fourth-order valence-electron chi connectivity index (χ4n) is 2.28. The van der Waals surface area contributed by atoms with Crippen LogP contribution in [0.25, 0.3) is 0 Å². The van der Waals surface area contributed by atoms with E-state index in [-0.39, 0.29) is 11.8 Å². The van der Waals surface area contributed by atoms with E-state index in [1.165, 1.54) is 0 Å². The van der Waals surface area contributed by atoms with Crippen LogP contribution in [-0.4, -0.2) is 18.5 Å². The van der Waals surface area contributed by atoms with E-state index in [0.717, 1.165) is 30.6 Å². The van der Waals surface area contributed by atoms with E-state index < -0.39 is 0 Å². The first-order chi connectivity index (χ1) is 8.56. The molecule has 0 radical (unpaired) electrons. The van der Waals surface area contributed by atoms with Crippen LogP contribution in [0, 0.1) is 12.8 Å². The summed E-state index contributed by atoms with van der Waals surface area (Å²) >= 11 is 6.04. The number of halogens is 1. The minimum atomic E-state index is 0.0985. The van der Waals surface area contributed by atoms with Crippen molar-refractivity contribution < 1.29 is 4.79 Å². The maximum atomic E-state index is 12.1. The van der Waals surface area contributed by atoms with Gasteiger partial charge in [0.05, 0.1) is 0 Å². The molecule has 0 aromatic heterocycles. The third kappa shape index (κ3) is 3.24. The van der Waals surface area contributed by atoms with Gasteiger partial charge in [-0.2, -0.15) is 0 Å². The van der Waals surface area contributed by atoms with E-state index in [2.05, 4.69) is 17.6 Å². The molecule has 2 rings (SSSR count). The Morgan fingerprint density at radius 1 is 1.50 bits per heavy atom. The highest BCUT2D eigenvalue weighted by Crippen LogP contribution is 2.22. The predicted molar refractivity (Wildman–Crippen MR) is 75.0 cm³/mol. The molecule has 2 atom stereocenters. The van der Waals surface area contributed by atoms with Gasteiger partial charge in [-0.25, -0.2) is 0 Å². The Morgan fingerprint density at radius 2 is 2.28 bits per heavy atom. The summed E-state index contributed by atoms with van der Waals surface area (Å²) in [6.07, 6.45) is 1.79. The topological polar surface area (TPSA) is 41.1 Å². The molecule has 3 nitrogen and oxygen atoms in total. The third-order valence-corrected chi connectivity index (χ3v) is 3.84. The summed E-state index contributed by atoms with van der Waals surface area (Å²) in [4.78, 5) is 12.1. The second-order valence-electron chi connectivity index (χ2n) is 5.03. The fourth-order valence-corrected chi connectivity index (χ4v) is 2.47. The largest absolute Gasteiger partial charge is 0.326 e. The van der Waals surface area contributed by atoms with Crippen LogP contribution >= 0.6 is 11.6 Å². The van der Waals surface area contributed by atoms with E-state index in [1.54, 1.807) is 6.07 Å². The zero-order chi connectivity index (χ0) is 13.1. The summed E-state index contributed by atoms with van der Waals surface area (Å²) < 4.78 is 0. The van der Waals surface area contributed by atoms with E-state index in [9.17, 15) is 4.79 Å². The summed E-state index contributed by atoms with van der Waals surface area (Å²) in [5.74, 6) is 0.199. The zero-order valence-electron chi connectivity index (χ0n) is 10.8. The van der Waals surface area contributed by atoms with Crippen molar-refractivity contribution in [3.05, 3.63) is 28.8 Å². The van der Waals surface area contributed by atoms with Gasteiger partial charge in [0.25, 0.3) is 0 Å². The van der Waals surface area contributed by atoms with Crippen molar-refractivity contribution in [3.63, 3.8) is 0 Å². The molecule has 1 aliphatic heterocycles. The average Bonchev–Trinajstić information content (AvgIpc) is 2.34. The van der Waals surface area contributed by atoms with Crippen LogP contribution in [0.1, 0.15) is 25.3 Å². The highest BCUT2D eigenvalue weighted by Gasteiger charge is 2.24. The van der Waals surface area contributed by atoms with Gasteiger partial charge in [0.15, 0.2) is 0 Å². The fraction of sp³-hybridized carbons (Fsp3) is 0.500. The number of piperidine rings is 1. The predicted octanol–water partition coefficient (Wildman–Crippen LogP) is 2.98. The van der Waals surface area contributed by atoms with Crippen molar-refractivity contribution >= 4 is 23.2 Å². The zero-order valence-corrected chi connectivity index (χ0v) is 11.6. The first kappa shape index (κ1) is 13.4. The lowest BCUT2D eigenvalue weighted by molar-refractivity contribution is -0.120. The standard InChI is InChI=1S/C14H19ClN2O/c1-9-3-4-12(8-13(9)15)17-14(18)11-5-6-16-10(2)7-11/h3-4,8,10-11,16H,5-7H2,1-2H3,(H,17,18). The third-order valence-electron chi connectivity index (χ3n) is 3.43. The highest BCUT2D eigenvalue weighted by atomic mass is 35.5. The van der Waals surface area contributed by atoms with Crippen LogP contribution in [0.5, 0.6) is 0 Å². The van der Waals surface area contributed by atoms with Gasteiger partial charge in [0.2, 0.25) is 5.91 Å². The number of carbonyl (C=O) groups is 1. The van der Waals surface area contributed by atoms with Crippen LogP contribution in [0.15, 0.2) is 18.2 Å². The van der Waals surface area contributed by atoms with Crippen LogP contribution < -0.4 is 10.6 Å². The molecular formula is C14H19ClN2O. The molecule has 0 aliphatic carbocycles. The molecule has 1 amide bonds. The molecule has 98 valence electrons. The second kappa shape index (κ2) is 5.72. The minimum absolute atomic E-state index is 0.0985. The van der Waals surface area contributed by atoms with Crippen molar-refractivity contribution in [1.82, 2.24) is 5.32 Å². The van der Waals surface area contributed by atoms with Crippen molar-refractivity contribution in [2.75, 3.05) is 11.9 Å². The molecule has 2 N–H and O–H groups in total. The molecule has 1 saturated heterocycles. The van der Waals surface area contributed by atoms with Gasteiger partial charge < -0.3 is 10.6 Å². The van der Waals surface area contributed by atoms with Crippen molar-refractivity contribution in [3.8, 4) is 0 Å². The Morgan fingerprint density at radius 3 is 2.94 bits per heavy atom. The van der Waals surface area contributed by atoms with Crippen LogP contribution in [0.2, 0.25) is 5.02 Å². The quantitative estimate of drug-likeness (QED) is 0.864. The number of anilines is 1. The van der Waals surface area contributed by atoms with E-state index in [1.807, 2.05) is 19.1 Å². The van der Waals surface area contributed by atoms with Crippen molar-refractivity contribution in [2.45, 2.75) is 32.7 Å². The Kier molecular flexibility index (Phi) is 4.25. The maximum Gasteiger partial charge on any atom is 0.227 e. The lowest BCUT2D eigenvalue weighted by Crippen LogP contribution is -2.40. The molecule has 2 unspecified atom stereocenters. The number of hydrogen-bond acceptors (Lipinski definition) is 2. The number of benzene rings is 1. The van der Waals surface area contributed by atoms with Crippen molar-refractivity contribution in [1.29, 1.82) is 0 Å². The molecule has 0 spiro atoms. The summed E-state index contributed by atoms with van der Waals surface area (Å²) in [7, 11) is 0. The number of hydrogen-bond donors (Lipinski definition) is 2. The van der Waals surface area contributed by atoms with Gasteiger partial charge in [-0.15, -0.1) is 0 Å². The van der Waals surface area contributed by atoms with Gasteiger partial charge >= 0.3 is 0 Å². The summed E-state index contributed by atoms with van der Waals surface area (Å²) in [5.41, 5.74) is 1.80. The van der Waals surface area contributed by atoms with Crippen molar-refractivity contribution in [2.24, 2.45) is 5.92 Å². The number of aryl methyl sites for hydroxylation is 1. The van der Waals surface area contributed by atoms with Gasteiger partial charge in [-0.1, -0.05) is 17.7 Å². The van der Waals surface area contributed by atoms with E-state index in [4.69, 9.17) is 11.6 Å². The molecule has 0 saturated carbocycles. The smallest absolute Gasteiger partial charge is 0.227 e. The summed E-state index contributed by atoms with van der Waals surface area (Å²) in [5, 5.41) is 6.98. The van der Waals surface area contributed by atoms with Gasteiger partial charge in [-0.05, 0) is 50.9 Å². The molecular weight excluding hydrogens is 248 g/mol. The number of rotatable bonds is 2. The number of amides is 1. The SMILES string of the molecule is Cc1ccc(NC(=O)C2CCNC(C)C2)cc1Cl. The van der Waals surface area contributed by atoms with Crippen LogP contribution in [0.4, 0.5) is 5.69 Å². The molecule has 1 heterocycles. The number of carbonyl (C=O) groups excluding carboxylic acids is 1. The Hall–Kier alpha value is -1.06. The lowest BCUT2D eigenvalue weighted by atomic mass is 9.92. The Balaban J connectivity index is 2.00. The van der Waals surface area contributed by atoms with Gasteiger partial charge in [0.1, 0.15) is 0 Å². The summed E-state index contributed by atoms with van der Waals surface area (Å²) in [6, 6.07) is 6.03. The van der Waals surface area contributed by atoms with E-state index >= 15 is 0 Å². The molecule has 1 aromatic carbocycles. The first-order valence-electron chi connectivity index (χ1n) is 6.36. The summed E-state index contributed by atoms with van der Waals surface area (Å²) in [6.45, 7) is 4.97. The normalized spacial score (nSPS) is 23.7. The highest BCUT2D eigenvalue weighted by molar-refractivity contribution is 6.31. The first-order valence-corrected chi connectivity index (χ1v) is 6.74. The van der Waals surface area contributed by atoms with Crippen LogP contribution in [0.3, 0.4) is 0 Å². The molecule has 1 aromatic rings. The van der Waals surface area contributed by atoms with Crippen LogP contribution in [-0.2, 0) is 4.79 Å². The van der Waals surface area contributed by atoms with Gasteiger partial charge in [-0.3, -0.25) is 4.79 Å². The van der Waals surface area contributed by atoms with E-state index in [0.29, 0.717) is 11.1 Å². The molecule has 18 heavy (non-hydrogen) atoms. The lowest BCUT2D eigenvalue weighted by Gasteiger charge is -2.27.